The number of carbonyl (C=O) groups is 2. The lowest BCUT2D eigenvalue weighted by molar-refractivity contribution is 0.0117. The number of carbonyl (C=O) groups excluding carboxylic acids is 2. The fourth-order valence-electron chi connectivity index (χ4n) is 6.32. The lowest BCUT2D eigenvalue weighted by Gasteiger charge is -2.46. The number of amides is 2. The zero-order chi connectivity index (χ0) is 29.1. The highest BCUT2D eigenvalue weighted by Crippen LogP contribution is 2.42. The van der Waals surface area contributed by atoms with E-state index in [0.29, 0.717) is 17.9 Å². The molecule has 0 aliphatic carbocycles. The first-order valence-electron chi connectivity index (χ1n) is 13.5. The van der Waals surface area contributed by atoms with Crippen LogP contribution in [-0.4, -0.2) is 105 Å². The van der Waals surface area contributed by atoms with Crippen LogP contribution in [-0.2, 0) is 5.41 Å². The Balaban J connectivity index is 1.25. The first-order chi connectivity index (χ1) is 19.5. The second kappa shape index (κ2) is 9.58. The van der Waals surface area contributed by atoms with Gasteiger partial charge in [0.25, 0.3) is 11.8 Å². The number of fused-ring (bicyclic) bond motifs is 1. The van der Waals surface area contributed by atoms with Crippen molar-refractivity contribution in [1.82, 2.24) is 30.4 Å². The number of rotatable bonds is 5. The van der Waals surface area contributed by atoms with E-state index in [9.17, 15) is 14.7 Å². The third kappa shape index (κ3) is 4.20. The van der Waals surface area contributed by atoms with E-state index in [1.165, 1.54) is 17.3 Å². The van der Waals surface area contributed by atoms with E-state index in [4.69, 9.17) is 16.2 Å². The van der Waals surface area contributed by atoms with Gasteiger partial charge in [0.1, 0.15) is 17.9 Å². The first kappa shape index (κ1) is 26.7. The molecule has 3 unspecified atom stereocenters. The summed E-state index contributed by atoms with van der Waals surface area (Å²) in [5.41, 5.74) is 12.5. The van der Waals surface area contributed by atoms with Crippen molar-refractivity contribution < 1.29 is 19.4 Å². The predicted molar refractivity (Wildman–Crippen MR) is 149 cm³/mol. The number of aliphatic hydroxyl groups is 1. The Kier molecular flexibility index (Phi) is 6.25. The normalized spacial score (nSPS) is 29.1. The highest BCUT2D eigenvalue weighted by Gasteiger charge is 2.65. The number of benzene rings is 1. The molecule has 2 aromatic rings. The van der Waals surface area contributed by atoms with Crippen LogP contribution in [0.15, 0.2) is 46.6 Å². The first-order valence-corrected chi connectivity index (χ1v) is 13.5. The van der Waals surface area contributed by atoms with Crippen LogP contribution in [0.3, 0.4) is 0 Å². The summed E-state index contributed by atoms with van der Waals surface area (Å²) in [4.78, 5) is 46.9. The molecule has 5 heterocycles. The number of aliphatic hydroxyl groups excluding tert-OH is 1. The molecule has 1 aromatic carbocycles. The predicted octanol–water partition coefficient (Wildman–Crippen LogP) is -1.24. The largest absolute Gasteiger partial charge is 0.492 e. The summed E-state index contributed by atoms with van der Waals surface area (Å²) in [6, 6.07) is 5.08. The second-order valence-corrected chi connectivity index (χ2v) is 11.5. The van der Waals surface area contributed by atoms with Crippen LogP contribution in [0.1, 0.15) is 46.8 Å². The number of hydrogen-bond donors (Lipinski definition) is 5. The molecule has 5 atom stereocenters. The highest BCUT2D eigenvalue weighted by molar-refractivity contribution is 5.98. The summed E-state index contributed by atoms with van der Waals surface area (Å²) >= 11 is 0. The molecule has 14 nitrogen and oxygen atoms in total. The number of nitrogens with one attached hydrogen (secondary N) is 2. The smallest absolute Gasteiger partial charge is 0.291 e. The van der Waals surface area contributed by atoms with E-state index in [1.54, 1.807) is 24.1 Å². The maximum absolute atomic E-state index is 13.6. The Bertz CT molecular complexity index is 1450. The van der Waals surface area contributed by atoms with Gasteiger partial charge in [-0.05, 0) is 24.0 Å². The van der Waals surface area contributed by atoms with E-state index in [2.05, 4.69) is 44.4 Å². The quantitative estimate of drug-likeness (QED) is 0.294. The van der Waals surface area contributed by atoms with Crippen LogP contribution < -0.4 is 26.8 Å². The zero-order valence-corrected chi connectivity index (χ0v) is 23.1. The summed E-state index contributed by atoms with van der Waals surface area (Å²) < 4.78 is 5.94. The van der Waals surface area contributed by atoms with Gasteiger partial charge in [-0.2, -0.15) is 0 Å². The van der Waals surface area contributed by atoms with E-state index in [1.807, 2.05) is 12.1 Å². The monoisotopic (exact) mass is 562 g/mol. The lowest BCUT2D eigenvalue weighted by Crippen LogP contribution is -2.73. The number of hydrogen-bond acceptors (Lipinski definition) is 12. The van der Waals surface area contributed by atoms with Gasteiger partial charge in [-0.1, -0.05) is 26.0 Å². The topological polar surface area (TPSA) is 197 Å². The van der Waals surface area contributed by atoms with Crippen LogP contribution >= 0.6 is 0 Å². The van der Waals surface area contributed by atoms with Gasteiger partial charge in [-0.15, -0.1) is 0 Å². The Morgan fingerprint density at radius 1 is 1.22 bits per heavy atom. The summed E-state index contributed by atoms with van der Waals surface area (Å²) in [5.74, 6) is 0.0830. The second-order valence-electron chi connectivity index (χ2n) is 11.5. The number of likely N-dealkylation sites (N-methyl/N-ethyl adjacent to an activating group) is 1. The van der Waals surface area contributed by atoms with Crippen molar-refractivity contribution in [2.45, 2.75) is 55.6 Å². The molecule has 216 valence electrons. The molecule has 14 heteroatoms. The molecule has 7 N–H and O–H groups in total. The molecule has 0 saturated carbocycles. The van der Waals surface area contributed by atoms with Crippen LogP contribution in [0.2, 0.25) is 0 Å². The minimum atomic E-state index is -1.26. The number of para-hydroxylation sites is 1. The Morgan fingerprint density at radius 3 is 2.73 bits per heavy atom. The van der Waals surface area contributed by atoms with E-state index >= 15 is 0 Å². The van der Waals surface area contributed by atoms with Crippen LogP contribution in [0, 0.1) is 0 Å². The van der Waals surface area contributed by atoms with Crippen molar-refractivity contribution >= 4 is 23.7 Å². The van der Waals surface area contributed by atoms with Crippen LogP contribution in [0.4, 0.5) is 0 Å². The van der Waals surface area contributed by atoms with Gasteiger partial charge in [-0.3, -0.25) is 9.59 Å². The zero-order valence-electron chi connectivity index (χ0n) is 23.1. The molecule has 1 spiro atoms. The van der Waals surface area contributed by atoms with E-state index < -0.39 is 35.8 Å². The molecule has 6 rings (SSSR count). The molecular formula is C27H34N10O4. The Labute approximate surface area is 236 Å². The fourth-order valence-corrected chi connectivity index (χ4v) is 6.32. The fraction of sp³-hybridized carbons (Fsp3) is 0.481. The average molecular weight is 563 g/mol. The van der Waals surface area contributed by atoms with Gasteiger partial charge < -0.3 is 41.7 Å². The molecule has 2 amide bonds. The number of guanidine groups is 2. The van der Waals surface area contributed by atoms with Crippen molar-refractivity contribution in [3.05, 3.63) is 53.6 Å². The van der Waals surface area contributed by atoms with Gasteiger partial charge in [0.05, 0.1) is 24.3 Å². The van der Waals surface area contributed by atoms with Gasteiger partial charge in [0.2, 0.25) is 5.82 Å². The van der Waals surface area contributed by atoms with Crippen molar-refractivity contribution in [2.75, 3.05) is 26.7 Å². The van der Waals surface area contributed by atoms with Crippen molar-refractivity contribution in [2.24, 2.45) is 21.5 Å². The van der Waals surface area contributed by atoms with Crippen LogP contribution in [0.25, 0.3) is 0 Å². The number of ether oxygens (including phenoxy) is 1. The molecule has 1 fully saturated rings. The van der Waals surface area contributed by atoms with Gasteiger partial charge in [0, 0.05) is 38.1 Å². The van der Waals surface area contributed by atoms with Crippen molar-refractivity contribution in [3.63, 3.8) is 0 Å². The van der Waals surface area contributed by atoms with E-state index in [-0.39, 0.29) is 42.2 Å². The van der Waals surface area contributed by atoms with Gasteiger partial charge >= 0.3 is 0 Å². The summed E-state index contributed by atoms with van der Waals surface area (Å²) in [5, 5.41) is 17.8. The maximum Gasteiger partial charge on any atom is 0.291 e. The third-order valence-corrected chi connectivity index (χ3v) is 8.50. The Hall–Kier alpha value is -4.46. The molecule has 0 radical (unpaired) electrons. The number of aromatic nitrogens is 2. The average Bonchev–Trinajstić information content (AvgIpc) is 3.44. The minimum Gasteiger partial charge on any atom is -0.492 e. The summed E-state index contributed by atoms with van der Waals surface area (Å²) in [7, 11) is 1.61. The molecule has 4 aliphatic heterocycles. The summed E-state index contributed by atoms with van der Waals surface area (Å²) in [6.45, 7) is 5.04. The highest BCUT2D eigenvalue weighted by atomic mass is 16.5. The lowest BCUT2D eigenvalue weighted by atomic mass is 9.79. The van der Waals surface area contributed by atoms with Gasteiger partial charge in [0.15, 0.2) is 17.6 Å². The molecular weight excluding hydrogens is 528 g/mol. The number of nitrogens with two attached hydrogens (primary N) is 2. The standard InChI is InChI=1S/C27H34N10O4/c1-26(2)8-11-41-18-14(6-4-7-15(18)26)22(39)32-17-13-37-25(29)33-16(19-27(37,20(17)38)35-24(28)34-19)12-36(3)23(40)21-30-9-5-10-31-21/h4-7,9-10,16-17,19-20,38H,8,11-13H2,1-3H3,(H2,29,33)(H,32,39)(H3,28,34,35)/t16-,17?,19?,20+,27?/m0/s1. The molecule has 4 aliphatic rings. The molecule has 1 saturated heterocycles. The van der Waals surface area contributed by atoms with E-state index in [0.717, 1.165) is 12.0 Å². The number of nitrogens with zero attached hydrogens (tertiary/aromatic N) is 6. The molecule has 0 bridgehead atoms. The van der Waals surface area contributed by atoms with Gasteiger partial charge in [-0.25, -0.2) is 20.0 Å². The van der Waals surface area contributed by atoms with Crippen molar-refractivity contribution in [1.29, 1.82) is 0 Å². The summed E-state index contributed by atoms with van der Waals surface area (Å²) in [6.07, 6.45) is 2.65. The molecule has 1 aromatic heterocycles. The SMILES string of the molecule is CN(C[C@@H]1N=C(N)N2CC(NC(=O)c3cccc4c3OCCC4(C)C)[C@@H](O)C23NC(N)=NC13)C(=O)c1ncccn1. The number of aliphatic imine (C=N–C) groups is 2. The van der Waals surface area contributed by atoms with Crippen molar-refractivity contribution in [3.8, 4) is 5.75 Å². The third-order valence-electron chi connectivity index (χ3n) is 8.50. The molecule has 41 heavy (non-hydrogen) atoms. The Morgan fingerprint density at radius 2 is 1.98 bits per heavy atom. The maximum atomic E-state index is 13.6. The minimum absolute atomic E-state index is 0.0470. The van der Waals surface area contributed by atoms with Crippen LogP contribution in [0.5, 0.6) is 5.75 Å².